The molecule has 0 spiro atoms. The molecule has 4 nitrogen and oxygen atoms in total. The quantitative estimate of drug-likeness (QED) is 0.609. The molecule has 0 N–H and O–H groups in total. The zero-order chi connectivity index (χ0) is 22.1. The smallest absolute Gasteiger partial charge is 0.270 e. The summed E-state index contributed by atoms with van der Waals surface area (Å²) >= 11 is 0. The average Bonchev–Trinajstić information content (AvgIpc) is 3.03. The molecule has 4 rings (SSSR count). The van der Waals surface area contributed by atoms with E-state index in [1.165, 1.54) is 17.3 Å². The largest absolute Gasteiger partial charge is 0.368 e. The number of carbonyl (C=O) groups is 1. The molecule has 0 unspecified atom stereocenters. The first-order chi connectivity index (χ1) is 14.8. The van der Waals surface area contributed by atoms with Crippen molar-refractivity contribution in [3.63, 3.8) is 0 Å². The maximum absolute atomic E-state index is 13.7. The number of anilines is 1. The summed E-state index contributed by atoms with van der Waals surface area (Å²) in [6.07, 6.45) is 0. The van der Waals surface area contributed by atoms with E-state index in [-0.39, 0.29) is 5.91 Å². The van der Waals surface area contributed by atoms with Crippen LogP contribution in [0.15, 0.2) is 48.5 Å². The van der Waals surface area contributed by atoms with Crippen molar-refractivity contribution in [3.8, 4) is 0 Å². The monoisotopic (exact) mass is 423 g/mol. The number of benzene rings is 2. The molecule has 1 fully saturated rings. The van der Waals surface area contributed by atoms with Gasteiger partial charge in [0.15, 0.2) is 11.6 Å². The summed E-state index contributed by atoms with van der Waals surface area (Å²) in [7, 11) is 0. The first-order valence-corrected chi connectivity index (χ1v) is 10.6. The van der Waals surface area contributed by atoms with Crippen LogP contribution in [-0.4, -0.2) is 41.6 Å². The molecule has 2 aromatic carbocycles. The molecule has 1 aliphatic rings. The van der Waals surface area contributed by atoms with Gasteiger partial charge in [-0.05, 0) is 61.7 Å². The number of hydrogen-bond acceptors (Lipinski definition) is 2. The predicted molar refractivity (Wildman–Crippen MR) is 119 cm³/mol. The standard InChI is InChI=1S/C25H27F2N3O/c1-17-6-4-5-7-23(17)28-10-12-29(13-11-28)25(31)24-18(2)14-19(3)30(24)16-20-8-9-21(26)22(27)15-20/h4-9,14-15H,10-13,16H2,1-3H3. The number of nitrogens with zero attached hydrogens (tertiary/aromatic N) is 3. The summed E-state index contributed by atoms with van der Waals surface area (Å²) in [5.41, 5.74) is 5.50. The van der Waals surface area contributed by atoms with Crippen LogP contribution in [0.5, 0.6) is 0 Å². The summed E-state index contributed by atoms with van der Waals surface area (Å²) < 4.78 is 28.9. The van der Waals surface area contributed by atoms with Crippen LogP contribution >= 0.6 is 0 Å². The third-order valence-corrected chi connectivity index (χ3v) is 6.04. The molecule has 0 saturated carbocycles. The molecule has 3 aromatic rings. The summed E-state index contributed by atoms with van der Waals surface area (Å²) in [5, 5.41) is 0. The molecular weight excluding hydrogens is 396 g/mol. The van der Waals surface area contributed by atoms with Crippen LogP contribution < -0.4 is 4.90 Å². The number of halogens is 2. The Bertz CT molecular complexity index is 1110. The van der Waals surface area contributed by atoms with E-state index in [2.05, 4.69) is 24.0 Å². The van der Waals surface area contributed by atoms with Gasteiger partial charge in [-0.15, -0.1) is 0 Å². The summed E-state index contributed by atoms with van der Waals surface area (Å²) in [6.45, 7) is 9.11. The molecule has 162 valence electrons. The van der Waals surface area contributed by atoms with E-state index in [9.17, 15) is 13.6 Å². The minimum absolute atomic E-state index is 0.0161. The fourth-order valence-corrected chi connectivity index (χ4v) is 4.38. The summed E-state index contributed by atoms with van der Waals surface area (Å²) in [6, 6.07) is 14.1. The Morgan fingerprint density at radius 1 is 0.871 bits per heavy atom. The Balaban J connectivity index is 1.53. The van der Waals surface area contributed by atoms with E-state index < -0.39 is 11.6 Å². The van der Waals surface area contributed by atoms with Crippen molar-refractivity contribution < 1.29 is 13.6 Å². The minimum Gasteiger partial charge on any atom is -0.368 e. The van der Waals surface area contributed by atoms with E-state index in [0.717, 1.165) is 30.4 Å². The number of aryl methyl sites for hydroxylation is 3. The highest BCUT2D eigenvalue weighted by Crippen LogP contribution is 2.24. The molecule has 1 saturated heterocycles. The Labute approximate surface area is 181 Å². The highest BCUT2D eigenvalue weighted by Gasteiger charge is 2.27. The van der Waals surface area contributed by atoms with E-state index in [1.807, 2.05) is 41.5 Å². The first kappa shape index (κ1) is 21.1. The van der Waals surface area contributed by atoms with Crippen molar-refractivity contribution in [1.82, 2.24) is 9.47 Å². The topological polar surface area (TPSA) is 28.5 Å². The Hall–Kier alpha value is -3.15. The third-order valence-electron chi connectivity index (χ3n) is 6.04. The van der Waals surface area contributed by atoms with Crippen LogP contribution in [0, 0.1) is 32.4 Å². The van der Waals surface area contributed by atoms with Crippen LogP contribution in [0.3, 0.4) is 0 Å². The molecular formula is C25H27F2N3O. The molecule has 6 heteroatoms. The Morgan fingerprint density at radius 2 is 1.58 bits per heavy atom. The maximum Gasteiger partial charge on any atom is 0.270 e. The fourth-order valence-electron chi connectivity index (χ4n) is 4.38. The second-order valence-electron chi connectivity index (χ2n) is 8.22. The third kappa shape index (κ3) is 4.20. The number of carbonyl (C=O) groups excluding carboxylic acids is 1. The van der Waals surface area contributed by atoms with E-state index in [4.69, 9.17) is 0 Å². The molecule has 1 aliphatic heterocycles. The van der Waals surface area contributed by atoms with E-state index in [1.54, 1.807) is 6.07 Å². The Morgan fingerprint density at radius 3 is 2.26 bits per heavy atom. The van der Waals surface area contributed by atoms with Crippen molar-refractivity contribution in [1.29, 1.82) is 0 Å². The van der Waals surface area contributed by atoms with Gasteiger partial charge in [-0.1, -0.05) is 24.3 Å². The van der Waals surface area contributed by atoms with Gasteiger partial charge in [-0.2, -0.15) is 0 Å². The summed E-state index contributed by atoms with van der Waals surface area (Å²) in [5.74, 6) is -1.76. The molecule has 0 bridgehead atoms. The van der Waals surface area contributed by atoms with Gasteiger partial charge in [0, 0.05) is 44.1 Å². The van der Waals surface area contributed by atoms with Crippen molar-refractivity contribution in [2.24, 2.45) is 0 Å². The SMILES string of the molecule is Cc1ccccc1N1CCN(C(=O)c2c(C)cc(C)n2Cc2ccc(F)c(F)c2)CC1. The highest BCUT2D eigenvalue weighted by atomic mass is 19.2. The zero-order valence-corrected chi connectivity index (χ0v) is 18.2. The van der Waals surface area contributed by atoms with Gasteiger partial charge < -0.3 is 14.4 Å². The lowest BCUT2D eigenvalue weighted by Gasteiger charge is -2.37. The zero-order valence-electron chi connectivity index (χ0n) is 18.2. The molecule has 1 amide bonds. The van der Waals surface area contributed by atoms with Crippen LogP contribution in [0.25, 0.3) is 0 Å². The second-order valence-corrected chi connectivity index (χ2v) is 8.22. The van der Waals surface area contributed by atoms with Crippen molar-refractivity contribution in [2.75, 3.05) is 31.1 Å². The molecule has 1 aromatic heterocycles. The van der Waals surface area contributed by atoms with E-state index in [0.29, 0.717) is 30.9 Å². The highest BCUT2D eigenvalue weighted by molar-refractivity contribution is 5.94. The predicted octanol–water partition coefficient (Wildman–Crippen LogP) is 4.70. The number of piperazine rings is 1. The van der Waals surface area contributed by atoms with Crippen molar-refractivity contribution >= 4 is 11.6 Å². The molecule has 2 heterocycles. The number of aromatic nitrogens is 1. The van der Waals surface area contributed by atoms with Crippen LogP contribution in [0.4, 0.5) is 14.5 Å². The maximum atomic E-state index is 13.7. The number of hydrogen-bond donors (Lipinski definition) is 0. The molecule has 0 atom stereocenters. The number of amides is 1. The fraction of sp³-hybridized carbons (Fsp3) is 0.320. The van der Waals surface area contributed by atoms with Gasteiger partial charge in [0.1, 0.15) is 5.69 Å². The molecule has 0 radical (unpaired) electrons. The minimum atomic E-state index is -0.876. The molecule has 31 heavy (non-hydrogen) atoms. The molecule has 0 aliphatic carbocycles. The lowest BCUT2D eigenvalue weighted by atomic mass is 10.1. The van der Waals surface area contributed by atoms with Crippen molar-refractivity contribution in [2.45, 2.75) is 27.3 Å². The van der Waals surface area contributed by atoms with Gasteiger partial charge in [-0.25, -0.2) is 8.78 Å². The van der Waals surface area contributed by atoms with Crippen LogP contribution in [0.1, 0.15) is 32.9 Å². The average molecular weight is 424 g/mol. The van der Waals surface area contributed by atoms with Crippen LogP contribution in [-0.2, 0) is 6.54 Å². The second kappa shape index (κ2) is 8.53. The van der Waals surface area contributed by atoms with Gasteiger partial charge in [-0.3, -0.25) is 4.79 Å². The number of rotatable bonds is 4. The van der Waals surface area contributed by atoms with Crippen molar-refractivity contribution in [3.05, 3.63) is 88.2 Å². The Kier molecular flexibility index (Phi) is 5.81. The van der Waals surface area contributed by atoms with Gasteiger partial charge in [0.05, 0.1) is 0 Å². The first-order valence-electron chi connectivity index (χ1n) is 10.6. The van der Waals surface area contributed by atoms with Crippen LogP contribution in [0.2, 0.25) is 0 Å². The van der Waals surface area contributed by atoms with Gasteiger partial charge in [0.25, 0.3) is 5.91 Å². The summed E-state index contributed by atoms with van der Waals surface area (Å²) in [4.78, 5) is 17.6. The lowest BCUT2D eigenvalue weighted by Crippen LogP contribution is -2.49. The lowest BCUT2D eigenvalue weighted by molar-refractivity contribution is 0.0735. The normalized spacial score (nSPS) is 14.2. The van der Waals surface area contributed by atoms with Gasteiger partial charge in [0.2, 0.25) is 0 Å². The van der Waals surface area contributed by atoms with E-state index >= 15 is 0 Å². The number of para-hydroxylation sites is 1. The van der Waals surface area contributed by atoms with Gasteiger partial charge >= 0.3 is 0 Å².